The van der Waals surface area contributed by atoms with E-state index in [1.807, 2.05) is 0 Å². The molecule has 8 heteroatoms. The molecule has 19 heavy (non-hydrogen) atoms. The summed E-state index contributed by atoms with van der Waals surface area (Å²) in [6, 6.07) is 2.72. The Morgan fingerprint density at radius 2 is 1.68 bits per heavy atom. The van der Waals surface area contributed by atoms with Gasteiger partial charge in [0.1, 0.15) is 13.1 Å². The molecule has 1 heterocycles. The largest absolute Gasteiger partial charge is 0.468 e. The number of carbonyl (C=O) groups excluding carboxylic acids is 3. The molecule has 0 fully saturated rings. The molecule has 0 N–H and O–H groups in total. The summed E-state index contributed by atoms with van der Waals surface area (Å²) in [5, 5.41) is 0.0273. The number of nitrogens with zero attached hydrogens (tertiary/aromatic N) is 1. The van der Waals surface area contributed by atoms with E-state index in [0.29, 0.717) is 0 Å². The highest BCUT2D eigenvalue weighted by molar-refractivity contribution is 6.29. The Bertz CT molecular complexity index is 465. The van der Waals surface area contributed by atoms with Crippen LogP contribution in [-0.2, 0) is 19.1 Å². The molecule has 7 nitrogen and oxygen atoms in total. The number of amides is 1. The van der Waals surface area contributed by atoms with Crippen molar-refractivity contribution in [1.29, 1.82) is 0 Å². The fourth-order valence-corrected chi connectivity index (χ4v) is 1.37. The molecule has 0 aliphatic rings. The van der Waals surface area contributed by atoms with Gasteiger partial charge in [0, 0.05) is 0 Å². The van der Waals surface area contributed by atoms with Gasteiger partial charge in [-0.3, -0.25) is 14.4 Å². The average Bonchev–Trinajstić information content (AvgIpc) is 2.83. The van der Waals surface area contributed by atoms with Crippen LogP contribution < -0.4 is 0 Å². The first-order valence-corrected chi connectivity index (χ1v) is 5.54. The van der Waals surface area contributed by atoms with E-state index in [9.17, 15) is 14.4 Å². The molecule has 0 unspecified atom stereocenters. The van der Waals surface area contributed by atoms with Crippen LogP contribution in [0.5, 0.6) is 0 Å². The van der Waals surface area contributed by atoms with Crippen LogP contribution in [0.2, 0.25) is 5.22 Å². The van der Waals surface area contributed by atoms with Gasteiger partial charge < -0.3 is 18.8 Å². The summed E-state index contributed by atoms with van der Waals surface area (Å²) >= 11 is 5.55. The van der Waals surface area contributed by atoms with Crippen molar-refractivity contribution in [2.45, 2.75) is 0 Å². The summed E-state index contributed by atoms with van der Waals surface area (Å²) in [6.07, 6.45) is 0. The molecule has 0 saturated carbocycles. The van der Waals surface area contributed by atoms with Crippen LogP contribution in [-0.4, -0.2) is 50.1 Å². The third-order valence-electron chi connectivity index (χ3n) is 2.17. The van der Waals surface area contributed by atoms with Crippen molar-refractivity contribution in [1.82, 2.24) is 4.90 Å². The quantitative estimate of drug-likeness (QED) is 0.743. The first kappa shape index (κ1) is 15.0. The summed E-state index contributed by atoms with van der Waals surface area (Å²) in [6.45, 7) is -0.800. The van der Waals surface area contributed by atoms with Crippen molar-refractivity contribution >= 4 is 29.4 Å². The minimum Gasteiger partial charge on any atom is -0.468 e. The lowest BCUT2D eigenvalue weighted by atomic mass is 10.3. The zero-order chi connectivity index (χ0) is 14.4. The number of halogens is 1. The Morgan fingerprint density at radius 1 is 1.16 bits per heavy atom. The van der Waals surface area contributed by atoms with Gasteiger partial charge in [0.05, 0.1) is 14.2 Å². The van der Waals surface area contributed by atoms with Crippen LogP contribution in [0.25, 0.3) is 0 Å². The van der Waals surface area contributed by atoms with E-state index in [4.69, 9.17) is 16.0 Å². The maximum atomic E-state index is 12.0. The number of ether oxygens (including phenoxy) is 2. The molecule has 1 aromatic heterocycles. The van der Waals surface area contributed by atoms with Gasteiger partial charge in [-0.05, 0) is 23.7 Å². The molecule has 0 spiro atoms. The van der Waals surface area contributed by atoms with Crippen LogP contribution in [0.1, 0.15) is 10.6 Å². The van der Waals surface area contributed by atoms with E-state index in [1.165, 1.54) is 26.4 Å². The third-order valence-corrected chi connectivity index (χ3v) is 2.37. The highest BCUT2D eigenvalue weighted by atomic mass is 35.5. The van der Waals surface area contributed by atoms with Gasteiger partial charge in [0.25, 0.3) is 5.91 Å². The monoisotopic (exact) mass is 289 g/mol. The van der Waals surface area contributed by atoms with E-state index in [1.54, 1.807) is 0 Å². The predicted molar refractivity (Wildman–Crippen MR) is 63.7 cm³/mol. The van der Waals surface area contributed by atoms with Crippen LogP contribution in [0.3, 0.4) is 0 Å². The summed E-state index contributed by atoms with van der Waals surface area (Å²) in [5.41, 5.74) is 0. The van der Waals surface area contributed by atoms with Crippen molar-refractivity contribution in [3.63, 3.8) is 0 Å². The molecule has 1 amide bonds. The highest BCUT2D eigenvalue weighted by Gasteiger charge is 2.24. The lowest BCUT2D eigenvalue weighted by Crippen LogP contribution is -2.40. The zero-order valence-electron chi connectivity index (χ0n) is 10.3. The van der Waals surface area contributed by atoms with Gasteiger partial charge in [-0.15, -0.1) is 0 Å². The number of rotatable bonds is 5. The minimum absolute atomic E-state index is 0.0273. The van der Waals surface area contributed by atoms with E-state index in [2.05, 4.69) is 9.47 Å². The second-order valence-corrected chi connectivity index (χ2v) is 3.79. The van der Waals surface area contributed by atoms with Gasteiger partial charge in [-0.2, -0.15) is 0 Å². The highest BCUT2D eigenvalue weighted by Crippen LogP contribution is 2.15. The van der Waals surface area contributed by atoms with Crippen molar-refractivity contribution in [2.75, 3.05) is 27.3 Å². The molecule has 104 valence electrons. The molecular weight excluding hydrogens is 278 g/mol. The van der Waals surface area contributed by atoms with Crippen molar-refractivity contribution < 1.29 is 28.3 Å². The Hall–Kier alpha value is -2.02. The topological polar surface area (TPSA) is 86.0 Å². The molecule has 0 bridgehead atoms. The zero-order valence-corrected chi connectivity index (χ0v) is 11.1. The maximum absolute atomic E-state index is 12.0. The Labute approximate surface area is 114 Å². The summed E-state index contributed by atoms with van der Waals surface area (Å²) in [5.74, 6) is -2.09. The molecule has 0 atom stereocenters. The van der Waals surface area contributed by atoms with E-state index < -0.39 is 30.9 Å². The fourth-order valence-electron chi connectivity index (χ4n) is 1.23. The molecular formula is C11H12ClNO6. The number of furan rings is 1. The summed E-state index contributed by atoms with van der Waals surface area (Å²) in [4.78, 5) is 35.4. The Balaban J connectivity index is 2.85. The minimum atomic E-state index is -0.671. The van der Waals surface area contributed by atoms with E-state index in [0.717, 1.165) is 4.90 Å². The van der Waals surface area contributed by atoms with Crippen LogP contribution in [0.4, 0.5) is 0 Å². The van der Waals surface area contributed by atoms with Crippen molar-refractivity contribution in [3.8, 4) is 0 Å². The summed E-state index contributed by atoms with van der Waals surface area (Å²) in [7, 11) is 2.35. The fraction of sp³-hybridized carbons (Fsp3) is 0.364. The standard InChI is InChI=1S/C11H12ClNO6/c1-17-9(14)5-13(6-10(15)18-2)11(16)7-3-4-8(12)19-7/h3-4H,5-6H2,1-2H3. The van der Waals surface area contributed by atoms with Crippen LogP contribution >= 0.6 is 11.6 Å². The van der Waals surface area contributed by atoms with E-state index >= 15 is 0 Å². The molecule has 0 aliphatic heterocycles. The van der Waals surface area contributed by atoms with Gasteiger partial charge >= 0.3 is 11.9 Å². The van der Waals surface area contributed by atoms with Crippen molar-refractivity contribution in [2.24, 2.45) is 0 Å². The molecule has 0 aliphatic carbocycles. The summed E-state index contributed by atoms with van der Waals surface area (Å²) < 4.78 is 13.8. The number of carbonyl (C=O) groups is 3. The average molecular weight is 290 g/mol. The van der Waals surface area contributed by atoms with Gasteiger partial charge in [-0.25, -0.2) is 0 Å². The van der Waals surface area contributed by atoms with Gasteiger partial charge in [-0.1, -0.05) is 0 Å². The predicted octanol–water partition coefficient (Wildman–Crippen LogP) is 0.721. The second kappa shape index (κ2) is 6.79. The van der Waals surface area contributed by atoms with Gasteiger partial charge in [0.2, 0.25) is 0 Å². The SMILES string of the molecule is COC(=O)CN(CC(=O)OC)C(=O)c1ccc(Cl)o1. The normalized spacial score (nSPS) is 9.84. The Kier molecular flexibility index (Phi) is 5.37. The van der Waals surface area contributed by atoms with E-state index in [-0.39, 0.29) is 11.0 Å². The first-order valence-electron chi connectivity index (χ1n) is 5.16. The number of hydrogen-bond acceptors (Lipinski definition) is 6. The lowest BCUT2D eigenvalue weighted by Gasteiger charge is -2.18. The maximum Gasteiger partial charge on any atom is 0.325 e. The third kappa shape index (κ3) is 4.29. The number of esters is 2. The first-order chi connectivity index (χ1) is 8.97. The second-order valence-electron chi connectivity index (χ2n) is 3.42. The van der Waals surface area contributed by atoms with Crippen molar-refractivity contribution in [3.05, 3.63) is 23.1 Å². The van der Waals surface area contributed by atoms with Gasteiger partial charge in [0.15, 0.2) is 11.0 Å². The molecule has 0 radical (unpaired) electrons. The number of methoxy groups -OCH3 is 2. The van der Waals surface area contributed by atoms with Crippen LogP contribution in [0.15, 0.2) is 16.5 Å². The smallest absolute Gasteiger partial charge is 0.325 e. The molecule has 0 aromatic carbocycles. The Morgan fingerprint density at radius 3 is 2.05 bits per heavy atom. The molecule has 1 aromatic rings. The molecule has 0 saturated heterocycles. The number of hydrogen-bond donors (Lipinski definition) is 0. The van der Waals surface area contributed by atoms with Crippen LogP contribution in [0, 0.1) is 0 Å². The lowest BCUT2D eigenvalue weighted by molar-refractivity contribution is -0.144. The molecule has 1 rings (SSSR count).